The number of carbonyl (C=O) groups is 1. The van der Waals surface area contributed by atoms with Gasteiger partial charge in [-0.2, -0.15) is 0 Å². The summed E-state index contributed by atoms with van der Waals surface area (Å²) in [7, 11) is 0. The van der Waals surface area contributed by atoms with E-state index in [-0.39, 0.29) is 12.5 Å². The number of aryl methyl sites for hydroxylation is 3. The van der Waals surface area contributed by atoms with Gasteiger partial charge in [0.05, 0.1) is 5.69 Å². The molecule has 0 atom stereocenters. The first-order valence-corrected chi connectivity index (χ1v) is 12.0. The monoisotopic (exact) mass is 466 g/mol. The van der Waals surface area contributed by atoms with E-state index in [0.29, 0.717) is 13.1 Å². The van der Waals surface area contributed by atoms with E-state index in [1.807, 2.05) is 43.0 Å². The van der Waals surface area contributed by atoms with E-state index in [1.165, 1.54) is 16.3 Å². The molecule has 35 heavy (non-hydrogen) atoms. The average molecular weight is 467 g/mol. The van der Waals surface area contributed by atoms with Crippen LogP contribution >= 0.6 is 0 Å². The highest BCUT2D eigenvalue weighted by atomic mass is 16.5. The molecule has 6 nitrogen and oxygen atoms in total. The summed E-state index contributed by atoms with van der Waals surface area (Å²) in [4.78, 5) is 16.8. The Morgan fingerprint density at radius 3 is 2.23 bits per heavy atom. The van der Waals surface area contributed by atoms with Gasteiger partial charge in [0.25, 0.3) is 5.91 Å². The van der Waals surface area contributed by atoms with E-state index in [1.54, 1.807) is 0 Å². The molecular formula is C29H30N4O2. The fourth-order valence-electron chi connectivity index (χ4n) is 4.80. The van der Waals surface area contributed by atoms with Gasteiger partial charge in [0.15, 0.2) is 12.4 Å². The van der Waals surface area contributed by atoms with E-state index in [0.717, 1.165) is 47.0 Å². The first-order valence-electron chi connectivity index (χ1n) is 12.0. The molecule has 5 rings (SSSR count). The number of hydrogen-bond donors (Lipinski definition) is 0. The second-order valence-electron chi connectivity index (χ2n) is 9.22. The van der Waals surface area contributed by atoms with Crippen LogP contribution in [-0.4, -0.2) is 53.8 Å². The highest BCUT2D eigenvalue weighted by Gasteiger charge is 2.23. The third-order valence-electron chi connectivity index (χ3n) is 6.60. The number of anilines is 1. The fourth-order valence-corrected chi connectivity index (χ4v) is 4.80. The summed E-state index contributed by atoms with van der Waals surface area (Å²) in [6.07, 6.45) is 0. The summed E-state index contributed by atoms with van der Waals surface area (Å²) in [5, 5.41) is 11.4. The molecule has 1 saturated heterocycles. The number of aromatic nitrogens is 2. The first-order chi connectivity index (χ1) is 17.0. The van der Waals surface area contributed by atoms with E-state index in [4.69, 9.17) is 4.74 Å². The Balaban J connectivity index is 1.17. The molecule has 178 valence electrons. The Morgan fingerprint density at radius 1 is 0.829 bits per heavy atom. The van der Waals surface area contributed by atoms with Crippen molar-refractivity contribution in [2.45, 2.75) is 20.8 Å². The van der Waals surface area contributed by atoms with Gasteiger partial charge < -0.3 is 14.5 Å². The third kappa shape index (κ3) is 4.97. The van der Waals surface area contributed by atoms with Gasteiger partial charge in [-0.15, -0.1) is 10.2 Å². The molecule has 3 aromatic carbocycles. The van der Waals surface area contributed by atoms with Crippen LogP contribution in [0.4, 0.5) is 5.82 Å². The van der Waals surface area contributed by atoms with Gasteiger partial charge >= 0.3 is 0 Å². The SMILES string of the molecule is Cc1cc(C)c(OCC(=O)N2CCN(c3ccc(-c4ccc5ccccc5c4)nn3)CC2)c(C)c1. The Hall–Kier alpha value is -3.93. The van der Waals surface area contributed by atoms with Gasteiger partial charge in [-0.1, -0.05) is 54.1 Å². The number of carbonyl (C=O) groups excluding carboxylic acids is 1. The van der Waals surface area contributed by atoms with Crippen LogP contribution in [0.25, 0.3) is 22.0 Å². The quantitative estimate of drug-likeness (QED) is 0.417. The highest BCUT2D eigenvalue weighted by molar-refractivity contribution is 5.86. The zero-order valence-corrected chi connectivity index (χ0v) is 20.5. The molecule has 1 aliphatic rings. The van der Waals surface area contributed by atoms with Crippen molar-refractivity contribution in [1.29, 1.82) is 0 Å². The van der Waals surface area contributed by atoms with E-state index < -0.39 is 0 Å². The molecule has 1 aliphatic heterocycles. The third-order valence-corrected chi connectivity index (χ3v) is 6.60. The Bertz CT molecular complexity index is 1340. The van der Waals surface area contributed by atoms with E-state index in [2.05, 4.69) is 64.5 Å². The molecule has 1 aromatic heterocycles. The second-order valence-corrected chi connectivity index (χ2v) is 9.22. The lowest BCUT2D eigenvalue weighted by molar-refractivity contribution is -0.133. The predicted octanol–water partition coefficient (Wildman–Crippen LogP) is 4.95. The number of rotatable bonds is 5. The van der Waals surface area contributed by atoms with Crippen molar-refractivity contribution in [1.82, 2.24) is 15.1 Å². The molecule has 0 aliphatic carbocycles. The predicted molar refractivity (Wildman–Crippen MR) is 140 cm³/mol. The second kappa shape index (κ2) is 9.74. The van der Waals surface area contributed by atoms with Crippen molar-refractivity contribution in [3.63, 3.8) is 0 Å². The number of benzene rings is 3. The normalized spacial score (nSPS) is 13.8. The largest absolute Gasteiger partial charge is 0.483 e. The standard InChI is InChI=1S/C29H30N4O2/c1-20-16-21(2)29(22(3)17-20)35-19-28(34)33-14-12-32(13-15-33)27-11-10-26(30-31-27)25-9-8-23-6-4-5-7-24(23)18-25/h4-11,16-18H,12-15,19H2,1-3H3. The zero-order valence-electron chi connectivity index (χ0n) is 20.5. The molecule has 1 amide bonds. The summed E-state index contributed by atoms with van der Waals surface area (Å²) in [6, 6.07) is 22.8. The molecule has 0 radical (unpaired) electrons. The van der Waals surface area contributed by atoms with Crippen LogP contribution in [0.3, 0.4) is 0 Å². The number of ether oxygens (including phenoxy) is 1. The van der Waals surface area contributed by atoms with Gasteiger partial charge in [-0.25, -0.2) is 0 Å². The summed E-state index contributed by atoms with van der Waals surface area (Å²) in [5.74, 6) is 1.66. The number of hydrogen-bond acceptors (Lipinski definition) is 5. The van der Waals surface area contributed by atoms with Gasteiger partial charge in [-0.05, 0) is 60.9 Å². The molecule has 2 heterocycles. The summed E-state index contributed by atoms with van der Waals surface area (Å²) < 4.78 is 5.90. The highest BCUT2D eigenvalue weighted by Crippen LogP contribution is 2.25. The Kier molecular flexibility index (Phi) is 6.36. The summed E-state index contributed by atoms with van der Waals surface area (Å²) >= 11 is 0. The van der Waals surface area contributed by atoms with Gasteiger partial charge in [-0.3, -0.25) is 4.79 Å². The summed E-state index contributed by atoms with van der Waals surface area (Å²) in [6.45, 7) is 8.89. The van der Waals surface area contributed by atoms with Crippen LogP contribution in [0, 0.1) is 20.8 Å². The first kappa shape index (κ1) is 22.8. The van der Waals surface area contributed by atoms with Gasteiger partial charge in [0.2, 0.25) is 0 Å². The molecule has 0 bridgehead atoms. The molecule has 0 N–H and O–H groups in total. The van der Waals surface area contributed by atoms with Crippen LogP contribution in [0.2, 0.25) is 0 Å². The lowest BCUT2D eigenvalue weighted by atomic mass is 10.1. The minimum absolute atomic E-state index is 0.0155. The van der Waals surface area contributed by atoms with Crippen LogP contribution in [-0.2, 0) is 4.79 Å². The van der Waals surface area contributed by atoms with Crippen molar-refractivity contribution in [3.8, 4) is 17.0 Å². The smallest absolute Gasteiger partial charge is 0.260 e. The maximum atomic E-state index is 12.8. The fraction of sp³-hybridized carbons (Fsp3) is 0.276. The molecular weight excluding hydrogens is 436 g/mol. The van der Waals surface area contributed by atoms with Crippen LogP contribution in [0.5, 0.6) is 5.75 Å². The van der Waals surface area contributed by atoms with E-state index in [9.17, 15) is 4.79 Å². The lowest BCUT2D eigenvalue weighted by Crippen LogP contribution is -2.50. The van der Waals surface area contributed by atoms with Crippen molar-refractivity contribution in [2.24, 2.45) is 0 Å². The number of nitrogens with zero attached hydrogens (tertiary/aromatic N) is 4. The minimum Gasteiger partial charge on any atom is -0.483 e. The zero-order chi connectivity index (χ0) is 24.4. The van der Waals surface area contributed by atoms with Crippen LogP contribution in [0.1, 0.15) is 16.7 Å². The van der Waals surface area contributed by atoms with E-state index >= 15 is 0 Å². The maximum absolute atomic E-state index is 12.8. The Morgan fingerprint density at radius 2 is 1.54 bits per heavy atom. The summed E-state index contributed by atoms with van der Waals surface area (Å²) in [5.41, 5.74) is 5.23. The maximum Gasteiger partial charge on any atom is 0.260 e. The van der Waals surface area contributed by atoms with Crippen molar-refractivity contribution >= 4 is 22.5 Å². The molecule has 0 unspecified atom stereocenters. The van der Waals surface area contributed by atoms with Gasteiger partial charge in [0, 0.05) is 31.7 Å². The molecule has 0 spiro atoms. The van der Waals surface area contributed by atoms with Crippen LogP contribution in [0.15, 0.2) is 66.7 Å². The molecule has 6 heteroatoms. The Labute approximate surface area is 206 Å². The van der Waals surface area contributed by atoms with Crippen LogP contribution < -0.4 is 9.64 Å². The van der Waals surface area contributed by atoms with Crippen molar-refractivity contribution in [2.75, 3.05) is 37.7 Å². The number of piperazine rings is 1. The van der Waals surface area contributed by atoms with Gasteiger partial charge in [0.1, 0.15) is 5.75 Å². The molecule has 0 saturated carbocycles. The van der Waals surface area contributed by atoms with Crippen molar-refractivity contribution < 1.29 is 9.53 Å². The number of amides is 1. The lowest BCUT2D eigenvalue weighted by Gasteiger charge is -2.35. The molecule has 4 aromatic rings. The number of fused-ring (bicyclic) bond motifs is 1. The van der Waals surface area contributed by atoms with Crippen molar-refractivity contribution in [3.05, 3.63) is 83.4 Å². The topological polar surface area (TPSA) is 58.6 Å². The minimum atomic E-state index is 0.0155. The molecule has 1 fully saturated rings. The average Bonchev–Trinajstić information content (AvgIpc) is 2.88.